The summed E-state index contributed by atoms with van der Waals surface area (Å²) >= 11 is 6.62. The predicted molar refractivity (Wildman–Crippen MR) is 112 cm³/mol. The van der Waals surface area contributed by atoms with Gasteiger partial charge in [-0.1, -0.05) is 43.6 Å². The van der Waals surface area contributed by atoms with Crippen LogP contribution in [-0.4, -0.2) is 10.9 Å². The molecule has 1 N–H and O–H groups in total. The van der Waals surface area contributed by atoms with E-state index in [-0.39, 0.29) is 5.91 Å². The molecule has 1 aliphatic carbocycles. The first kappa shape index (κ1) is 18.0. The van der Waals surface area contributed by atoms with E-state index in [1.54, 1.807) is 0 Å². The highest BCUT2D eigenvalue weighted by Crippen LogP contribution is 2.33. The Balaban J connectivity index is 1.62. The molecule has 4 heteroatoms. The van der Waals surface area contributed by atoms with Gasteiger partial charge in [0.1, 0.15) is 0 Å². The van der Waals surface area contributed by atoms with Gasteiger partial charge in [-0.25, -0.2) is 0 Å². The van der Waals surface area contributed by atoms with Crippen molar-refractivity contribution in [3.63, 3.8) is 0 Å². The third-order valence-corrected chi connectivity index (χ3v) is 5.72. The maximum Gasteiger partial charge on any atom is 0.255 e. The molecule has 0 bridgehead atoms. The number of carbonyl (C=O) groups excluding carboxylic acids is 1. The lowest BCUT2D eigenvalue weighted by Crippen LogP contribution is -2.12. The summed E-state index contributed by atoms with van der Waals surface area (Å²) in [5.41, 5.74) is 5.69. The summed E-state index contributed by atoms with van der Waals surface area (Å²) in [7, 11) is 0. The van der Waals surface area contributed by atoms with E-state index in [0.717, 1.165) is 53.0 Å². The molecule has 0 fully saturated rings. The summed E-state index contributed by atoms with van der Waals surface area (Å²) < 4.78 is 0. The molecule has 1 amide bonds. The Morgan fingerprint density at radius 3 is 2.56 bits per heavy atom. The largest absolute Gasteiger partial charge is 0.322 e. The predicted octanol–water partition coefficient (Wildman–Crippen LogP) is 6.14. The number of halogens is 1. The molecule has 27 heavy (non-hydrogen) atoms. The monoisotopic (exact) mass is 378 g/mol. The molecule has 4 rings (SSSR count). The number of carbonyl (C=O) groups is 1. The van der Waals surface area contributed by atoms with Crippen LogP contribution in [0.3, 0.4) is 0 Å². The average molecular weight is 379 g/mol. The van der Waals surface area contributed by atoms with Gasteiger partial charge in [0, 0.05) is 22.3 Å². The molecule has 3 aromatic rings. The maximum absolute atomic E-state index is 12.7. The first-order valence-electron chi connectivity index (χ1n) is 9.55. The van der Waals surface area contributed by atoms with E-state index in [1.165, 1.54) is 11.1 Å². The second-order valence-electron chi connectivity index (χ2n) is 7.52. The van der Waals surface area contributed by atoms with Crippen LogP contribution in [0.5, 0.6) is 0 Å². The molecular weight excluding hydrogens is 356 g/mol. The quantitative estimate of drug-likeness (QED) is 0.594. The van der Waals surface area contributed by atoms with Crippen molar-refractivity contribution in [3.05, 3.63) is 69.9 Å². The highest BCUT2D eigenvalue weighted by molar-refractivity contribution is 6.36. The zero-order valence-corrected chi connectivity index (χ0v) is 16.4. The Morgan fingerprint density at radius 2 is 1.81 bits per heavy atom. The molecule has 0 unspecified atom stereocenters. The molecule has 0 saturated heterocycles. The summed E-state index contributed by atoms with van der Waals surface area (Å²) in [4.78, 5) is 17.5. The van der Waals surface area contributed by atoms with Gasteiger partial charge >= 0.3 is 0 Å². The van der Waals surface area contributed by atoms with E-state index in [4.69, 9.17) is 16.6 Å². The number of fused-ring (bicyclic) bond motifs is 2. The average Bonchev–Trinajstić information content (AvgIpc) is 2.68. The van der Waals surface area contributed by atoms with Gasteiger partial charge in [0.25, 0.3) is 5.91 Å². The third-order valence-electron chi connectivity index (χ3n) is 5.29. The highest BCUT2D eigenvalue weighted by Gasteiger charge is 2.18. The molecule has 0 aliphatic heterocycles. The van der Waals surface area contributed by atoms with Crippen molar-refractivity contribution in [1.82, 2.24) is 4.98 Å². The second-order valence-corrected chi connectivity index (χ2v) is 7.90. The number of hydrogen-bond donors (Lipinski definition) is 1. The molecule has 0 radical (unpaired) electrons. The molecule has 1 aromatic heterocycles. The van der Waals surface area contributed by atoms with Crippen LogP contribution in [0.15, 0.2) is 42.5 Å². The number of nitrogens with zero attached hydrogens (tertiary/aromatic N) is 1. The van der Waals surface area contributed by atoms with E-state index in [9.17, 15) is 4.79 Å². The number of amides is 1. The number of benzene rings is 2. The fourth-order valence-corrected chi connectivity index (χ4v) is 4.03. The fraction of sp³-hybridized carbons (Fsp3) is 0.304. The number of aromatic nitrogens is 1. The van der Waals surface area contributed by atoms with Gasteiger partial charge in [-0.3, -0.25) is 9.78 Å². The van der Waals surface area contributed by atoms with E-state index in [1.807, 2.05) is 42.5 Å². The van der Waals surface area contributed by atoms with Crippen molar-refractivity contribution in [1.29, 1.82) is 0 Å². The van der Waals surface area contributed by atoms with Gasteiger partial charge in [-0.15, -0.1) is 0 Å². The SMILES string of the molecule is CC(C)c1ccc(NC(=O)c2ccc3c(Cl)c4c(nc3c2)CCCC4)cc1. The van der Waals surface area contributed by atoms with E-state index >= 15 is 0 Å². The summed E-state index contributed by atoms with van der Waals surface area (Å²) in [6.45, 7) is 4.30. The maximum atomic E-state index is 12.7. The van der Waals surface area contributed by atoms with E-state index in [2.05, 4.69) is 19.2 Å². The first-order valence-corrected chi connectivity index (χ1v) is 9.93. The lowest BCUT2D eigenvalue weighted by molar-refractivity contribution is 0.102. The summed E-state index contributed by atoms with van der Waals surface area (Å²) in [6, 6.07) is 13.6. The molecule has 0 saturated carbocycles. The number of aryl methyl sites for hydroxylation is 1. The molecule has 3 nitrogen and oxygen atoms in total. The molecule has 138 valence electrons. The smallest absolute Gasteiger partial charge is 0.255 e. The Labute approximate surface area is 164 Å². The zero-order valence-electron chi connectivity index (χ0n) is 15.7. The Hall–Kier alpha value is -2.39. The van der Waals surface area contributed by atoms with E-state index in [0.29, 0.717) is 11.5 Å². The summed E-state index contributed by atoms with van der Waals surface area (Å²) in [6.07, 6.45) is 4.26. The summed E-state index contributed by atoms with van der Waals surface area (Å²) in [5.74, 6) is 0.335. The normalized spacial score (nSPS) is 13.6. The Morgan fingerprint density at radius 1 is 1.07 bits per heavy atom. The molecule has 1 heterocycles. The number of anilines is 1. The van der Waals surface area contributed by atoms with Crippen LogP contribution in [0.2, 0.25) is 5.02 Å². The minimum atomic E-state index is -0.134. The number of pyridine rings is 1. The van der Waals surface area contributed by atoms with Gasteiger partial charge in [-0.05, 0) is 67.0 Å². The van der Waals surface area contributed by atoms with E-state index < -0.39 is 0 Å². The number of hydrogen-bond acceptors (Lipinski definition) is 2. The van der Waals surface area contributed by atoms with Gasteiger partial charge in [0.15, 0.2) is 0 Å². The van der Waals surface area contributed by atoms with Gasteiger partial charge in [0.05, 0.1) is 10.5 Å². The summed E-state index contributed by atoms with van der Waals surface area (Å²) in [5, 5.41) is 4.69. The molecule has 0 spiro atoms. The zero-order chi connectivity index (χ0) is 19.0. The Kier molecular flexibility index (Phi) is 4.88. The lowest BCUT2D eigenvalue weighted by Gasteiger charge is -2.18. The lowest BCUT2D eigenvalue weighted by atomic mass is 9.94. The fourth-order valence-electron chi connectivity index (χ4n) is 3.66. The van der Waals surface area contributed by atoms with Crippen molar-refractivity contribution >= 4 is 34.1 Å². The van der Waals surface area contributed by atoms with Crippen molar-refractivity contribution in [2.75, 3.05) is 5.32 Å². The van der Waals surface area contributed by atoms with Gasteiger partial charge in [-0.2, -0.15) is 0 Å². The van der Waals surface area contributed by atoms with Crippen LogP contribution in [0.25, 0.3) is 10.9 Å². The minimum absolute atomic E-state index is 0.134. The van der Waals surface area contributed by atoms with Gasteiger partial charge in [0.2, 0.25) is 0 Å². The van der Waals surface area contributed by atoms with Crippen molar-refractivity contribution in [2.24, 2.45) is 0 Å². The number of rotatable bonds is 3. The highest BCUT2D eigenvalue weighted by atomic mass is 35.5. The van der Waals surface area contributed by atoms with Crippen molar-refractivity contribution in [2.45, 2.75) is 45.4 Å². The molecular formula is C23H23ClN2O. The second kappa shape index (κ2) is 7.32. The molecule has 2 aromatic carbocycles. The standard InChI is InChI=1S/C23H23ClN2O/c1-14(2)15-7-10-17(11-8-15)25-23(27)16-9-12-19-21(13-16)26-20-6-4-3-5-18(20)22(19)24/h7-14H,3-6H2,1-2H3,(H,25,27). The van der Waals surface area contributed by atoms with Gasteiger partial charge < -0.3 is 5.32 Å². The van der Waals surface area contributed by atoms with Crippen LogP contribution >= 0.6 is 11.6 Å². The first-order chi connectivity index (χ1) is 13.0. The third kappa shape index (κ3) is 3.57. The van der Waals surface area contributed by atoms with Crippen LogP contribution in [0.4, 0.5) is 5.69 Å². The Bertz CT molecular complexity index is 1010. The van der Waals surface area contributed by atoms with Crippen molar-refractivity contribution < 1.29 is 4.79 Å². The van der Waals surface area contributed by atoms with Crippen molar-refractivity contribution in [3.8, 4) is 0 Å². The number of nitrogens with one attached hydrogen (secondary N) is 1. The molecule has 1 aliphatic rings. The minimum Gasteiger partial charge on any atom is -0.322 e. The van der Waals surface area contributed by atoms with Crippen LogP contribution < -0.4 is 5.32 Å². The van der Waals surface area contributed by atoms with Crippen LogP contribution in [0.1, 0.15) is 59.8 Å². The van der Waals surface area contributed by atoms with Crippen LogP contribution in [0, 0.1) is 0 Å². The topological polar surface area (TPSA) is 42.0 Å². The molecule has 0 atom stereocenters. The van der Waals surface area contributed by atoms with Crippen LogP contribution in [-0.2, 0) is 12.8 Å².